The monoisotopic (exact) mass is 492 g/mol. The van der Waals surface area contributed by atoms with Crippen LogP contribution in [-0.4, -0.2) is 89.8 Å². The fraction of sp³-hybridized carbons (Fsp3) is 0.600. The molecule has 4 N–H and O–H groups in total. The smallest absolute Gasteiger partial charge is 0.247 e. The highest BCUT2D eigenvalue weighted by atomic mass is 16.5. The lowest BCUT2D eigenvalue weighted by Crippen LogP contribution is -2.55. The summed E-state index contributed by atoms with van der Waals surface area (Å²) in [5.41, 5.74) is 1.51. The van der Waals surface area contributed by atoms with Crippen LogP contribution in [0.3, 0.4) is 0 Å². The van der Waals surface area contributed by atoms with Gasteiger partial charge in [-0.2, -0.15) is 0 Å². The third kappa shape index (κ3) is 5.78. The van der Waals surface area contributed by atoms with Crippen LogP contribution < -0.4 is 14.8 Å². The molecule has 35 heavy (non-hydrogen) atoms. The van der Waals surface area contributed by atoms with Crippen molar-refractivity contribution in [1.29, 1.82) is 0 Å². The summed E-state index contributed by atoms with van der Waals surface area (Å²) in [4.78, 5) is 27.3. The van der Waals surface area contributed by atoms with Gasteiger partial charge in [0.15, 0.2) is 11.5 Å². The van der Waals surface area contributed by atoms with E-state index in [2.05, 4.69) is 5.32 Å². The van der Waals surface area contributed by atoms with Crippen LogP contribution in [0.25, 0.3) is 0 Å². The van der Waals surface area contributed by atoms with E-state index < -0.39 is 30.1 Å². The van der Waals surface area contributed by atoms with Crippen LogP contribution in [0, 0.1) is 0 Å². The first-order chi connectivity index (χ1) is 16.7. The molecule has 0 aromatic heterocycles. The quantitative estimate of drug-likeness (QED) is 0.327. The van der Waals surface area contributed by atoms with Crippen LogP contribution in [0.4, 0.5) is 0 Å². The van der Waals surface area contributed by atoms with Crippen molar-refractivity contribution in [3.63, 3.8) is 0 Å². The van der Waals surface area contributed by atoms with Gasteiger partial charge in [-0.25, -0.2) is 0 Å². The third-order valence-corrected chi connectivity index (χ3v) is 6.25. The number of amides is 2. The molecule has 1 aromatic rings. The third-order valence-electron chi connectivity index (χ3n) is 6.25. The molecule has 1 aliphatic heterocycles. The Hall–Kier alpha value is -2.66. The highest BCUT2D eigenvalue weighted by Gasteiger charge is 2.51. The van der Waals surface area contributed by atoms with E-state index in [9.17, 15) is 24.9 Å². The van der Waals surface area contributed by atoms with Crippen molar-refractivity contribution in [1.82, 2.24) is 10.2 Å². The Morgan fingerprint density at radius 2 is 2.00 bits per heavy atom. The van der Waals surface area contributed by atoms with Gasteiger partial charge in [0.05, 0.1) is 38.4 Å². The highest BCUT2D eigenvalue weighted by Crippen LogP contribution is 2.51. The molecule has 194 valence electrons. The van der Waals surface area contributed by atoms with Crippen molar-refractivity contribution in [2.75, 3.05) is 33.4 Å². The lowest BCUT2D eigenvalue weighted by atomic mass is 9.77. The standard InChI is InChI=1S/C25H36N2O8/c1-14(2)34-9-5-7-27(15(3)30)19-12-18(25(32)26-6-8-28)21-17-10-16(13-29)11-20(33-4)23(17)35-24(21)22(19)31/h10-12,14,19,21-22,24,28-29,31H,5-9,13H2,1-4H3,(H,26,32)/t19-,21+,22+,24+/m1/s1. The van der Waals surface area contributed by atoms with E-state index in [0.717, 1.165) is 0 Å². The fourth-order valence-electron chi connectivity index (χ4n) is 4.69. The average Bonchev–Trinajstić information content (AvgIpc) is 3.22. The van der Waals surface area contributed by atoms with Gasteiger partial charge >= 0.3 is 0 Å². The normalized spacial score (nSPS) is 22.7. The Kier molecular flexibility index (Phi) is 9.12. The van der Waals surface area contributed by atoms with Crippen LogP contribution in [0.2, 0.25) is 0 Å². The van der Waals surface area contributed by atoms with E-state index in [-0.39, 0.29) is 31.8 Å². The topological polar surface area (TPSA) is 138 Å². The molecular formula is C25H36N2O8. The average molecular weight is 493 g/mol. The number of rotatable bonds is 11. The lowest BCUT2D eigenvalue weighted by Gasteiger charge is -2.40. The second kappa shape index (κ2) is 11.9. The SMILES string of the molecule is COc1cc(CO)cc2c1O[C@@H]1[C@@H](O)[C@H](N(CCCOC(C)C)C(C)=O)C=C(C(=O)NCCO)[C@H]21. The Morgan fingerprint density at radius 3 is 2.60 bits per heavy atom. The first-order valence-electron chi connectivity index (χ1n) is 11.9. The van der Waals surface area contributed by atoms with Crippen molar-refractivity contribution >= 4 is 11.8 Å². The fourth-order valence-corrected chi connectivity index (χ4v) is 4.69. The minimum absolute atomic E-state index is 0.0530. The molecule has 0 saturated heterocycles. The van der Waals surface area contributed by atoms with E-state index in [0.29, 0.717) is 47.8 Å². The van der Waals surface area contributed by atoms with Gasteiger partial charge in [0.1, 0.15) is 12.2 Å². The number of carbonyl (C=O) groups is 2. The number of ether oxygens (including phenoxy) is 3. The molecule has 0 spiro atoms. The predicted molar refractivity (Wildman–Crippen MR) is 127 cm³/mol. The van der Waals surface area contributed by atoms with Gasteiger partial charge in [-0.15, -0.1) is 0 Å². The Balaban J connectivity index is 2.01. The molecule has 2 aliphatic rings. The lowest BCUT2D eigenvalue weighted by molar-refractivity contribution is -0.135. The molecule has 1 heterocycles. The number of aliphatic hydroxyl groups is 3. The van der Waals surface area contributed by atoms with E-state index in [1.165, 1.54) is 18.9 Å². The molecule has 3 rings (SSSR count). The van der Waals surface area contributed by atoms with Crippen molar-refractivity contribution in [2.45, 2.75) is 64.1 Å². The molecule has 0 radical (unpaired) electrons. The first-order valence-corrected chi connectivity index (χ1v) is 11.9. The molecule has 2 amide bonds. The van der Waals surface area contributed by atoms with Gasteiger partial charge < -0.3 is 39.7 Å². The zero-order valence-corrected chi connectivity index (χ0v) is 20.7. The van der Waals surface area contributed by atoms with Gasteiger partial charge in [-0.3, -0.25) is 9.59 Å². The molecular weight excluding hydrogens is 456 g/mol. The van der Waals surface area contributed by atoms with Crippen molar-refractivity contribution < 1.29 is 39.1 Å². The molecule has 1 aliphatic carbocycles. The summed E-state index contributed by atoms with van der Waals surface area (Å²) in [5.74, 6) is -0.552. The number of benzene rings is 1. The molecule has 4 atom stereocenters. The Labute approximate surface area is 205 Å². The zero-order valence-electron chi connectivity index (χ0n) is 20.7. The van der Waals surface area contributed by atoms with Crippen molar-refractivity contribution in [2.24, 2.45) is 0 Å². The Morgan fingerprint density at radius 1 is 1.26 bits per heavy atom. The molecule has 10 nitrogen and oxygen atoms in total. The maximum Gasteiger partial charge on any atom is 0.247 e. The number of nitrogens with one attached hydrogen (secondary N) is 1. The molecule has 1 aromatic carbocycles. The second-order valence-corrected chi connectivity index (χ2v) is 9.00. The second-order valence-electron chi connectivity index (χ2n) is 9.00. The van der Waals surface area contributed by atoms with E-state index in [1.807, 2.05) is 13.8 Å². The molecule has 0 unspecified atom stereocenters. The molecule has 0 fully saturated rings. The number of nitrogens with zero attached hydrogens (tertiary/aromatic N) is 1. The minimum Gasteiger partial charge on any atom is -0.493 e. The van der Waals surface area contributed by atoms with Crippen molar-refractivity contribution in [3.8, 4) is 11.5 Å². The summed E-state index contributed by atoms with van der Waals surface area (Å²) >= 11 is 0. The summed E-state index contributed by atoms with van der Waals surface area (Å²) in [6, 6.07) is 2.57. The Bertz CT molecular complexity index is 948. The van der Waals surface area contributed by atoms with Gasteiger partial charge in [0.2, 0.25) is 11.8 Å². The molecule has 10 heteroatoms. The zero-order chi connectivity index (χ0) is 25.7. The number of carbonyl (C=O) groups excluding carboxylic acids is 2. The summed E-state index contributed by atoms with van der Waals surface area (Å²) in [5, 5.41) is 33.0. The summed E-state index contributed by atoms with van der Waals surface area (Å²) in [6.07, 6.45) is 0.252. The van der Waals surface area contributed by atoms with Crippen LogP contribution in [0.1, 0.15) is 44.2 Å². The first kappa shape index (κ1) is 26.9. The van der Waals surface area contributed by atoms with Gasteiger partial charge in [-0.1, -0.05) is 0 Å². The summed E-state index contributed by atoms with van der Waals surface area (Å²) in [6.45, 7) is 5.64. The summed E-state index contributed by atoms with van der Waals surface area (Å²) in [7, 11) is 1.47. The molecule has 0 saturated carbocycles. The van der Waals surface area contributed by atoms with E-state index in [1.54, 1.807) is 18.2 Å². The maximum absolute atomic E-state index is 13.2. The van der Waals surface area contributed by atoms with Crippen LogP contribution in [0.5, 0.6) is 11.5 Å². The minimum atomic E-state index is -1.13. The van der Waals surface area contributed by atoms with Gasteiger partial charge in [0.25, 0.3) is 0 Å². The number of hydrogen-bond donors (Lipinski definition) is 4. The predicted octanol–water partition coefficient (Wildman–Crippen LogP) is 0.474. The maximum atomic E-state index is 13.2. The van der Waals surface area contributed by atoms with E-state index in [4.69, 9.17) is 14.2 Å². The van der Waals surface area contributed by atoms with Crippen LogP contribution in [0.15, 0.2) is 23.8 Å². The number of aliphatic hydroxyl groups excluding tert-OH is 3. The van der Waals surface area contributed by atoms with Crippen LogP contribution >= 0.6 is 0 Å². The molecule has 0 bridgehead atoms. The van der Waals surface area contributed by atoms with Gasteiger partial charge in [0, 0.05) is 37.8 Å². The number of fused-ring (bicyclic) bond motifs is 3. The van der Waals surface area contributed by atoms with Gasteiger partial charge in [-0.05, 0) is 44.0 Å². The van der Waals surface area contributed by atoms with Crippen molar-refractivity contribution in [3.05, 3.63) is 34.9 Å². The summed E-state index contributed by atoms with van der Waals surface area (Å²) < 4.78 is 17.2. The van der Waals surface area contributed by atoms with E-state index >= 15 is 0 Å². The highest BCUT2D eigenvalue weighted by molar-refractivity contribution is 5.96. The largest absolute Gasteiger partial charge is 0.493 e. The van der Waals surface area contributed by atoms with Crippen LogP contribution in [-0.2, 0) is 20.9 Å². The number of methoxy groups -OCH3 is 1. The number of hydrogen-bond acceptors (Lipinski definition) is 8.